The Bertz CT molecular complexity index is 610. The van der Waals surface area contributed by atoms with E-state index in [1.165, 1.54) is 27.6 Å². The van der Waals surface area contributed by atoms with Crippen molar-refractivity contribution in [1.82, 2.24) is 10.3 Å². The first-order valence-electron chi connectivity index (χ1n) is 7.74. The Kier molecular flexibility index (Phi) is 3.89. The van der Waals surface area contributed by atoms with E-state index in [2.05, 4.69) is 63.3 Å². The zero-order valence-corrected chi connectivity index (χ0v) is 14.1. The van der Waals surface area contributed by atoms with E-state index in [1.807, 2.05) is 11.3 Å². The van der Waals surface area contributed by atoms with E-state index < -0.39 is 0 Å². The second-order valence-electron chi connectivity index (χ2n) is 7.11. The second kappa shape index (κ2) is 5.54. The first kappa shape index (κ1) is 14.7. The third-order valence-electron chi connectivity index (χ3n) is 3.97. The molecule has 3 rings (SSSR count). The fourth-order valence-corrected chi connectivity index (χ4v) is 3.76. The Hall–Kier alpha value is -1.19. The molecule has 0 aliphatic heterocycles. The minimum Gasteiger partial charge on any atom is -0.307 e. The SMILES string of the molecule is CC1CC1c1nc(-c2ccccc2)c(CNC(C)(C)C)s1. The average molecular weight is 300 g/mol. The summed E-state index contributed by atoms with van der Waals surface area (Å²) >= 11 is 1.90. The number of thiazole rings is 1. The molecule has 1 fully saturated rings. The fourth-order valence-electron chi connectivity index (χ4n) is 2.48. The highest BCUT2D eigenvalue weighted by molar-refractivity contribution is 7.12. The van der Waals surface area contributed by atoms with Crippen LogP contribution in [0.15, 0.2) is 30.3 Å². The molecule has 0 bridgehead atoms. The molecule has 1 N–H and O–H groups in total. The molecule has 1 aromatic heterocycles. The van der Waals surface area contributed by atoms with Gasteiger partial charge in [0.05, 0.1) is 10.7 Å². The number of aromatic nitrogens is 1. The highest BCUT2D eigenvalue weighted by atomic mass is 32.1. The van der Waals surface area contributed by atoms with Crippen LogP contribution in [0.2, 0.25) is 0 Å². The fraction of sp³-hybridized carbons (Fsp3) is 0.500. The Morgan fingerprint density at radius 3 is 2.48 bits per heavy atom. The maximum Gasteiger partial charge on any atom is 0.0969 e. The molecule has 0 spiro atoms. The standard InChI is InChI=1S/C18H24N2S/c1-12-10-14(12)17-20-16(13-8-6-5-7-9-13)15(21-17)11-19-18(2,3)4/h5-9,12,14,19H,10-11H2,1-4H3. The Balaban J connectivity index is 1.90. The minimum absolute atomic E-state index is 0.130. The van der Waals surface area contributed by atoms with Gasteiger partial charge in [-0.15, -0.1) is 11.3 Å². The zero-order chi connectivity index (χ0) is 15.0. The molecule has 1 aliphatic rings. The normalized spacial score (nSPS) is 21.5. The van der Waals surface area contributed by atoms with Crippen molar-refractivity contribution in [1.29, 1.82) is 0 Å². The van der Waals surface area contributed by atoms with Crippen LogP contribution >= 0.6 is 11.3 Å². The summed E-state index contributed by atoms with van der Waals surface area (Å²) in [5.41, 5.74) is 2.54. The summed E-state index contributed by atoms with van der Waals surface area (Å²) in [5.74, 6) is 1.50. The predicted octanol–water partition coefficient (Wildman–Crippen LogP) is 4.82. The van der Waals surface area contributed by atoms with Gasteiger partial charge in [0.1, 0.15) is 0 Å². The lowest BCUT2D eigenvalue weighted by Gasteiger charge is -2.20. The van der Waals surface area contributed by atoms with Crippen molar-refractivity contribution >= 4 is 11.3 Å². The summed E-state index contributed by atoms with van der Waals surface area (Å²) in [4.78, 5) is 6.34. The van der Waals surface area contributed by atoms with Crippen LogP contribution in [0.1, 0.15) is 49.9 Å². The summed E-state index contributed by atoms with van der Waals surface area (Å²) < 4.78 is 0. The van der Waals surface area contributed by atoms with Crippen molar-refractivity contribution in [3.8, 4) is 11.3 Å². The van der Waals surface area contributed by atoms with Crippen LogP contribution in [0.25, 0.3) is 11.3 Å². The summed E-state index contributed by atoms with van der Waals surface area (Å²) in [7, 11) is 0. The molecule has 0 saturated heterocycles. The number of nitrogens with one attached hydrogen (secondary N) is 1. The van der Waals surface area contributed by atoms with Gasteiger partial charge in [-0.3, -0.25) is 0 Å². The molecular formula is C18H24N2S. The highest BCUT2D eigenvalue weighted by Gasteiger charge is 2.37. The van der Waals surface area contributed by atoms with Crippen LogP contribution in [-0.4, -0.2) is 10.5 Å². The van der Waals surface area contributed by atoms with Gasteiger partial charge in [-0.1, -0.05) is 37.3 Å². The van der Waals surface area contributed by atoms with Gasteiger partial charge in [-0.25, -0.2) is 4.98 Å². The van der Waals surface area contributed by atoms with Crippen molar-refractivity contribution in [2.75, 3.05) is 0 Å². The van der Waals surface area contributed by atoms with Crippen molar-refractivity contribution in [2.24, 2.45) is 5.92 Å². The molecule has 3 heteroatoms. The van der Waals surface area contributed by atoms with E-state index >= 15 is 0 Å². The lowest BCUT2D eigenvalue weighted by molar-refractivity contribution is 0.426. The summed E-state index contributed by atoms with van der Waals surface area (Å²) in [5, 5.41) is 4.93. The van der Waals surface area contributed by atoms with Crippen LogP contribution < -0.4 is 5.32 Å². The summed E-state index contributed by atoms with van der Waals surface area (Å²) in [6, 6.07) is 10.6. The van der Waals surface area contributed by atoms with Gasteiger partial charge in [-0.05, 0) is 33.1 Å². The molecule has 1 heterocycles. The van der Waals surface area contributed by atoms with E-state index in [0.717, 1.165) is 12.5 Å². The molecule has 21 heavy (non-hydrogen) atoms. The van der Waals surface area contributed by atoms with E-state index in [0.29, 0.717) is 5.92 Å². The lowest BCUT2D eigenvalue weighted by Crippen LogP contribution is -2.34. The van der Waals surface area contributed by atoms with Crippen molar-refractivity contribution in [3.63, 3.8) is 0 Å². The Morgan fingerprint density at radius 2 is 1.90 bits per heavy atom. The van der Waals surface area contributed by atoms with Crippen LogP contribution in [0.5, 0.6) is 0 Å². The molecule has 2 atom stereocenters. The van der Waals surface area contributed by atoms with E-state index in [9.17, 15) is 0 Å². The van der Waals surface area contributed by atoms with Gasteiger partial charge in [0, 0.05) is 28.4 Å². The maximum absolute atomic E-state index is 4.97. The maximum atomic E-state index is 4.97. The summed E-state index contributed by atoms with van der Waals surface area (Å²) in [6.45, 7) is 9.84. The smallest absolute Gasteiger partial charge is 0.0969 e. The van der Waals surface area contributed by atoms with Gasteiger partial charge in [0.25, 0.3) is 0 Å². The molecule has 2 nitrogen and oxygen atoms in total. The highest BCUT2D eigenvalue weighted by Crippen LogP contribution is 2.49. The molecule has 1 saturated carbocycles. The average Bonchev–Trinajstić information content (AvgIpc) is 3.02. The molecular weight excluding hydrogens is 276 g/mol. The molecule has 1 aromatic carbocycles. The number of nitrogens with zero attached hydrogens (tertiary/aromatic N) is 1. The monoisotopic (exact) mass is 300 g/mol. The molecule has 0 amide bonds. The van der Waals surface area contributed by atoms with Gasteiger partial charge in [0.15, 0.2) is 0 Å². The van der Waals surface area contributed by atoms with Crippen LogP contribution in [0, 0.1) is 5.92 Å². The second-order valence-corrected chi connectivity index (χ2v) is 8.23. The van der Waals surface area contributed by atoms with Gasteiger partial charge < -0.3 is 5.32 Å². The zero-order valence-electron chi connectivity index (χ0n) is 13.3. The van der Waals surface area contributed by atoms with Crippen molar-refractivity contribution in [2.45, 2.75) is 52.1 Å². The number of rotatable bonds is 4. The Labute approximate surface area is 131 Å². The Morgan fingerprint density at radius 1 is 1.24 bits per heavy atom. The molecule has 112 valence electrons. The van der Waals surface area contributed by atoms with E-state index in [-0.39, 0.29) is 5.54 Å². The quantitative estimate of drug-likeness (QED) is 0.875. The third kappa shape index (κ3) is 3.53. The van der Waals surface area contributed by atoms with Crippen molar-refractivity contribution in [3.05, 3.63) is 40.2 Å². The van der Waals surface area contributed by atoms with Crippen LogP contribution in [0.4, 0.5) is 0 Å². The van der Waals surface area contributed by atoms with Gasteiger partial charge >= 0.3 is 0 Å². The number of benzene rings is 1. The third-order valence-corrected chi connectivity index (χ3v) is 5.15. The number of hydrogen-bond donors (Lipinski definition) is 1. The topological polar surface area (TPSA) is 24.9 Å². The van der Waals surface area contributed by atoms with Crippen LogP contribution in [0.3, 0.4) is 0 Å². The minimum atomic E-state index is 0.130. The van der Waals surface area contributed by atoms with Gasteiger partial charge in [0.2, 0.25) is 0 Å². The molecule has 2 aromatic rings. The lowest BCUT2D eigenvalue weighted by atomic mass is 10.1. The molecule has 0 radical (unpaired) electrons. The largest absolute Gasteiger partial charge is 0.307 e. The first-order valence-corrected chi connectivity index (χ1v) is 8.56. The van der Waals surface area contributed by atoms with Crippen LogP contribution in [-0.2, 0) is 6.54 Å². The molecule has 1 aliphatic carbocycles. The van der Waals surface area contributed by atoms with E-state index in [1.54, 1.807) is 0 Å². The van der Waals surface area contributed by atoms with E-state index in [4.69, 9.17) is 4.98 Å². The molecule has 2 unspecified atom stereocenters. The number of hydrogen-bond acceptors (Lipinski definition) is 3. The summed E-state index contributed by atoms with van der Waals surface area (Å²) in [6.07, 6.45) is 1.30. The van der Waals surface area contributed by atoms with Gasteiger partial charge in [-0.2, -0.15) is 0 Å². The first-order chi connectivity index (χ1) is 9.94. The predicted molar refractivity (Wildman–Crippen MR) is 90.7 cm³/mol. The van der Waals surface area contributed by atoms with Crippen molar-refractivity contribution < 1.29 is 0 Å².